The van der Waals surface area contributed by atoms with Crippen molar-refractivity contribution in [2.24, 2.45) is 4.99 Å². The molecule has 1 heterocycles. The van der Waals surface area contributed by atoms with Crippen LogP contribution in [0.5, 0.6) is 0 Å². The molecule has 1 N–H and O–H groups in total. The molecule has 0 fully saturated rings. The lowest BCUT2D eigenvalue weighted by Crippen LogP contribution is -1.96. The molecule has 0 aromatic heterocycles. The van der Waals surface area contributed by atoms with E-state index in [2.05, 4.69) is 11.9 Å². The molecule has 0 aliphatic carbocycles. The van der Waals surface area contributed by atoms with E-state index in [1.807, 2.05) is 0 Å². The first-order chi connectivity index (χ1) is 5.86. The maximum absolute atomic E-state index is 8.62. The molecule has 0 aromatic carbocycles. The number of hydrogen-bond donors (Lipinski definition) is 1. The zero-order chi connectivity index (χ0) is 8.81. The lowest BCUT2D eigenvalue weighted by Gasteiger charge is -2.00. The van der Waals surface area contributed by atoms with E-state index in [4.69, 9.17) is 5.11 Å². The highest BCUT2D eigenvalue weighted by atomic mass is 32.2. The van der Waals surface area contributed by atoms with Crippen molar-refractivity contribution in [3.05, 3.63) is 0 Å². The minimum atomic E-state index is 0.266. The second-order valence-corrected chi connectivity index (χ2v) is 4.24. The van der Waals surface area contributed by atoms with E-state index in [1.54, 1.807) is 11.8 Å². The standard InChI is InChI=1S/C9H17NOS/c1-2-3-8-4-5-9(10-8)12-7-6-11/h8,11H,2-7H2,1H3. The van der Waals surface area contributed by atoms with Crippen LogP contribution in [0, 0.1) is 0 Å². The van der Waals surface area contributed by atoms with Crippen molar-refractivity contribution in [3.8, 4) is 0 Å². The summed E-state index contributed by atoms with van der Waals surface area (Å²) in [6.07, 6.45) is 4.81. The summed E-state index contributed by atoms with van der Waals surface area (Å²) in [6, 6.07) is 0.580. The van der Waals surface area contributed by atoms with E-state index in [9.17, 15) is 0 Å². The summed E-state index contributed by atoms with van der Waals surface area (Å²) in [6.45, 7) is 2.47. The third-order valence-corrected chi connectivity index (χ3v) is 3.03. The van der Waals surface area contributed by atoms with E-state index in [-0.39, 0.29) is 6.61 Å². The first-order valence-electron chi connectivity index (χ1n) is 4.67. The minimum absolute atomic E-state index is 0.266. The fourth-order valence-electron chi connectivity index (χ4n) is 1.44. The molecule has 0 spiro atoms. The quantitative estimate of drug-likeness (QED) is 0.731. The highest BCUT2D eigenvalue weighted by Gasteiger charge is 2.15. The van der Waals surface area contributed by atoms with Gasteiger partial charge >= 0.3 is 0 Å². The molecule has 2 nitrogen and oxygen atoms in total. The molecule has 3 heteroatoms. The first kappa shape index (κ1) is 10.1. The number of aliphatic imine (C=N–C) groups is 1. The molecule has 0 saturated heterocycles. The van der Waals surface area contributed by atoms with Crippen LogP contribution >= 0.6 is 11.8 Å². The van der Waals surface area contributed by atoms with Gasteiger partial charge in [0, 0.05) is 5.75 Å². The topological polar surface area (TPSA) is 32.6 Å². The number of aliphatic hydroxyl groups excluding tert-OH is 1. The van der Waals surface area contributed by atoms with Crippen LogP contribution in [0.4, 0.5) is 0 Å². The SMILES string of the molecule is CCCC1CCC(SCCO)=N1. The van der Waals surface area contributed by atoms with Crippen LogP contribution in [0.15, 0.2) is 4.99 Å². The van der Waals surface area contributed by atoms with Gasteiger partial charge in [-0.25, -0.2) is 0 Å². The van der Waals surface area contributed by atoms with Gasteiger partial charge in [-0.1, -0.05) is 13.3 Å². The van der Waals surface area contributed by atoms with Crippen LogP contribution in [0.2, 0.25) is 0 Å². The molecule has 12 heavy (non-hydrogen) atoms. The van der Waals surface area contributed by atoms with Crippen LogP contribution in [0.25, 0.3) is 0 Å². The van der Waals surface area contributed by atoms with E-state index in [0.29, 0.717) is 6.04 Å². The Morgan fingerprint density at radius 3 is 3.17 bits per heavy atom. The van der Waals surface area contributed by atoms with Gasteiger partial charge < -0.3 is 5.11 Å². The maximum atomic E-state index is 8.62. The van der Waals surface area contributed by atoms with Crippen LogP contribution in [-0.4, -0.2) is 28.6 Å². The molecule has 70 valence electrons. The molecule has 0 saturated carbocycles. The van der Waals surface area contributed by atoms with E-state index < -0.39 is 0 Å². The van der Waals surface area contributed by atoms with Crippen molar-refractivity contribution in [3.63, 3.8) is 0 Å². The summed E-state index contributed by atoms with van der Waals surface area (Å²) < 4.78 is 0. The van der Waals surface area contributed by atoms with Crippen molar-refractivity contribution in [2.45, 2.75) is 38.6 Å². The van der Waals surface area contributed by atoms with Crippen LogP contribution in [0.1, 0.15) is 32.6 Å². The van der Waals surface area contributed by atoms with E-state index >= 15 is 0 Å². The Kier molecular flexibility index (Phi) is 4.69. The lowest BCUT2D eigenvalue weighted by atomic mass is 10.1. The number of nitrogens with zero attached hydrogens (tertiary/aromatic N) is 1. The second-order valence-electron chi connectivity index (χ2n) is 3.08. The predicted molar refractivity (Wildman–Crippen MR) is 54.9 cm³/mol. The van der Waals surface area contributed by atoms with E-state index in [0.717, 1.165) is 12.2 Å². The smallest absolute Gasteiger partial charge is 0.0680 e. The van der Waals surface area contributed by atoms with Gasteiger partial charge in [0.25, 0.3) is 0 Å². The molecule has 0 radical (unpaired) electrons. The van der Waals surface area contributed by atoms with Gasteiger partial charge in [0.05, 0.1) is 17.7 Å². The van der Waals surface area contributed by atoms with Crippen molar-refractivity contribution in [2.75, 3.05) is 12.4 Å². The second kappa shape index (κ2) is 5.60. The average molecular weight is 187 g/mol. The summed E-state index contributed by atoms with van der Waals surface area (Å²) in [5.74, 6) is 0.803. The third-order valence-electron chi connectivity index (χ3n) is 2.00. The normalized spacial score (nSPS) is 22.8. The summed E-state index contributed by atoms with van der Waals surface area (Å²) in [5, 5.41) is 9.87. The fourth-order valence-corrected chi connectivity index (χ4v) is 2.25. The maximum Gasteiger partial charge on any atom is 0.0680 e. The third kappa shape index (κ3) is 3.15. The Morgan fingerprint density at radius 2 is 2.50 bits per heavy atom. The Morgan fingerprint density at radius 1 is 1.67 bits per heavy atom. The number of aliphatic hydroxyl groups is 1. The van der Waals surface area contributed by atoms with Gasteiger partial charge in [0.15, 0.2) is 0 Å². The zero-order valence-corrected chi connectivity index (χ0v) is 8.44. The molecule has 1 rings (SSSR count). The Labute approximate surface area is 78.5 Å². The Balaban J connectivity index is 2.22. The number of rotatable bonds is 4. The van der Waals surface area contributed by atoms with Gasteiger partial charge in [0.1, 0.15) is 0 Å². The highest BCUT2D eigenvalue weighted by molar-refractivity contribution is 8.13. The largest absolute Gasteiger partial charge is 0.396 e. The molecular formula is C9H17NOS. The van der Waals surface area contributed by atoms with Crippen molar-refractivity contribution < 1.29 is 5.11 Å². The van der Waals surface area contributed by atoms with Crippen LogP contribution in [0.3, 0.4) is 0 Å². The first-order valence-corrected chi connectivity index (χ1v) is 5.65. The van der Waals surface area contributed by atoms with Gasteiger partial charge in [-0.15, -0.1) is 11.8 Å². The predicted octanol–water partition coefficient (Wildman–Crippen LogP) is 2.07. The molecule has 1 unspecified atom stereocenters. The van der Waals surface area contributed by atoms with Crippen LogP contribution in [-0.2, 0) is 0 Å². The molecule has 0 bridgehead atoms. The number of hydrogen-bond acceptors (Lipinski definition) is 3. The van der Waals surface area contributed by atoms with Crippen molar-refractivity contribution >= 4 is 16.8 Å². The summed E-state index contributed by atoms with van der Waals surface area (Å²) >= 11 is 1.71. The van der Waals surface area contributed by atoms with E-state index in [1.165, 1.54) is 24.3 Å². The number of thioether (sulfide) groups is 1. The molecular weight excluding hydrogens is 170 g/mol. The summed E-state index contributed by atoms with van der Waals surface area (Å²) in [4.78, 5) is 4.58. The Hall–Kier alpha value is -0.0200. The molecule has 1 aliphatic heterocycles. The monoisotopic (exact) mass is 187 g/mol. The van der Waals surface area contributed by atoms with Gasteiger partial charge in [0.2, 0.25) is 0 Å². The zero-order valence-electron chi connectivity index (χ0n) is 7.62. The van der Waals surface area contributed by atoms with Gasteiger partial charge in [-0.2, -0.15) is 0 Å². The van der Waals surface area contributed by atoms with Crippen molar-refractivity contribution in [1.29, 1.82) is 0 Å². The highest BCUT2D eigenvalue weighted by Crippen LogP contribution is 2.23. The average Bonchev–Trinajstić information content (AvgIpc) is 2.50. The molecule has 0 amide bonds. The summed E-state index contributed by atoms with van der Waals surface area (Å²) in [5.41, 5.74) is 0. The minimum Gasteiger partial charge on any atom is -0.396 e. The lowest BCUT2D eigenvalue weighted by molar-refractivity contribution is 0.323. The molecule has 0 aromatic rings. The fraction of sp³-hybridized carbons (Fsp3) is 0.889. The Bertz CT molecular complexity index is 159. The van der Waals surface area contributed by atoms with Gasteiger partial charge in [-0.3, -0.25) is 4.99 Å². The van der Waals surface area contributed by atoms with Crippen molar-refractivity contribution in [1.82, 2.24) is 0 Å². The molecule has 1 atom stereocenters. The molecule has 1 aliphatic rings. The van der Waals surface area contributed by atoms with Crippen LogP contribution < -0.4 is 0 Å². The summed E-state index contributed by atoms with van der Waals surface area (Å²) in [7, 11) is 0. The van der Waals surface area contributed by atoms with Gasteiger partial charge in [-0.05, 0) is 19.3 Å².